The fourth-order valence-electron chi connectivity index (χ4n) is 1.79. The molecule has 0 aliphatic heterocycles. The van der Waals surface area contributed by atoms with Gasteiger partial charge in [-0.25, -0.2) is 0 Å². The Kier molecular flexibility index (Phi) is 4.15. The Morgan fingerprint density at radius 2 is 1.68 bits per heavy atom. The Morgan fingerprint density at radius 1 is 0.955 bits per heavy atom. The van der Waals surface area contributed by atoms with Gasteiger partial charge in [-0.3, -0.25) is 0 Å². The quantitative estimate of drug-likeness (QED) is 0.669. The lowest BCUT2D eigenvalue weighted by Crippen LogP contribution is -2.05. The molecule has 9 heteroatoms. The molecule has 112 valence electrons. The van der Waals surface area contributed by atoms with Crippen molar-refractivity contribution in [1.29, 1.82) is 0 Å². The monoisotopic (exact) mass is 315 g/mol. The molecular weight excluding hydrogens is 302 g/mol. The molecule has 2 aromatic heterocycles. The first-order chi connectivity index (χ1) is 10.7. The van der Waals surface area contributed by atoms with E-state index in [0.29, 0.717) is 29.1 Å². The summed E-state index contributed by atoms with van der Waals surface area (Å²) >= 11 is 1.32. The number of hydrogen-bond acceptors (Lipinski definition) is 9. The maximum atomic E-state index is 5.58. The highest BCUT2D eigenvalue weighted by atomic mass is 32.2. The molecule has 0 fully saturated rings. The van der Waals surface area contributed by atoms with Crippen LogP contribution in [0.5, 0.6) is 0 Å². The third-order valence-electron chi connectivity index (χ3n) is 2.69. The molecule has 0 spiro atoms. The molecule has 0 aliphatic rings. The predicted molar refractivity (Wildman–Crippen MR) is 81.8 cm³/mol. The van der Waals surface area contributed by atoms with Crippen LogP contribution in [0.15, 0.2) is 40.0 Å². The number of nitrogen functional groups attached to an aromatic ring is 2. The Labute approximate surface area is 130 Å². The summed E-state index contributed by atoms with van der Waals surface area (Å²) in [5.74, 6) is 1.64. The molecule has 0 bridgehead atoms. The number of anilines is 2. The number of aromatic nitrogens is 5. The molecule has 3 rings (SSSR count). The third-order valence-corrected chi connectivity index (χ3v) is 3.50. The minimum absolute atomic E-state index is 0.0957. The summed E-state index contributed by atoms with van der Waals surface area (Å²) in [6.45, 7) is 0. The highest BCUT2D eigenvalue weighted by Crippen LogP contribution is 2.21. The summed E-state index contributed by atoms with van der Waals surface area (Å²) in [6.07, 6.45) is 0.597. The first-order valence-electron chi connectivity index (χ1n) is 6.44. The molecule has 0 saturated heterocycles. The van der Waals surface area contributed by atoms with Crippen LogP contribution in [0.1, 0.15) is 17.3 Å². The van der Waals surface area contributed by atoms with Crippen molar-refractivity contribution in [3.05, 3.63) is 47.6 Å². The van der Waals surface area contributed by atoms with Crippen molar-refractivity contribution < 1.29 is 4.42 Å². The van der Waals surface area contributed by atoms with Crippen LogP contribution >= 0.6 is 11.8 Å². The van der Waals surface area contributed by atoms with Gasteiger partial charge in [0.2, 0.25) is 17.8 Å². The van der Waals surface area contributed by atoms with Crippen molar-refractivity contribution >= 4 is 23.7 Å². The van der Waals surface area contributed by atoms with Crippen molar-refractivity contribution in [1.82, 2.24) is 25.1 Å². The molecule has 0 unspecified atom stereocenters. The molecule has 2 heterocycles. The fourth-order valence-corrected chi connectivity index (χ4v) is 2.42. The molecule has 22 heavy (non-hydrogen) atoms. The third kappa shape index (κ3) is 3.70. The van der Waals surface area contributed by atoms with Crippen molar-refractivity contribution in [2.24, 2.45) is 0 Å². The number of thioether (sulfide) groups is 1. The van der Waals surface area contributed by atoms with Crippen LogP contribution in [-0.4, -0.2) is 25.1 Å². The molecule has 8 nitrogen and oxygen atoms in total. The molecular formula is C13H13N7OS. The van der Waals surface area contributed by atoms with E-state index in [4.69, 9.17) is 15.9 Å². The number of hydrogen-bond donors (Lipinski definition) is 2. The average Bonchev–Trinajstić information content (AvgIpc) is 2.93. The number of benzene rings is 1. The number of nitrogens with two attached hydrogens (primary N) is 2. The second-order valence-electron chi connectivity index (χ2n) is 4.38. The molecule has 3 aromatic rings. The molecule has 1 aromatic carbocycles. The van der Waals surface area contributed by atoms with Crippen LogP contribution in [0, 0.1) is 0 Å². The fraction of sp³-hybridized carbons (Fsp3) is 0.154. The molecule has 0 amide bonds. The lowest BCUT2D eigenvalue weighted by Gasteiger charge is -1.99. The van der Waals surface area contributed by atoms with Crippen LogP contribution in [0.3, 0.4) is 0 Å². The van der Waals surface area contributed by atoms with Gasteiger partial charge < -0.3 is 15.9 Å². The lowest BCUT2D eigenvalue weighted by molar-refractivity contribution is 0.420. The smallest absolute Gasteiger partial charge is 0.277 e. The largest absolute Gasteiger partial charge is 0.416 e. The van der Waals surface area contributed by atoms with Crippen molar-refractivity contribution in [2.75, 3.05) is 11.5 Å². The van der Waals surface area contributed by atoms with E-state index in [1.54, 1.807) is 0 Å². The van der Waals surface area contributed by atoms with Crippen LogP contribution in [0.2, 0.25) is 0 Å². The summed E-state index contributed by atoms with van der Waals surface area (Å²) in [7, 11) is 0. The standard InChI is InChI=1S/C13H13N7OS/c14-11-16-9(17-12(15)18-11)7-22-13-20-19-10(21-13)6-8-4-2-1-3-5-8/h1-5H,6-7H2,(H4,14,15,16,17,18). The van der Waals surface area contributed by atoms with E-state index < -0.39 is 0 Å². The van der Waals surface area contributed by atoms with E-state index in [9.17, 15) is 0 Å². The van der Waals surface area contributed by atoms with E-state index in [-0.39, 0.29) is 11.9 Å². The van der Waals surface area contributed by atoms with E-state index in [1.165, 1.54) is 11.8 Å². The Morgan fingerprint density at radius 3 is 2.41 bits per heavy atom. The second kappa shape index (κ2) is 6.39. The summed E-state index contributed by atoms with van der Waals surface area (Å²) in [4.78, 5) is 11.7. The minimum Gasteiger partial charge on any atom is -0.416 e. The first-order valence-corrected chi connectivity index (χ1v) is 7.42. The zero-order valence-electron chi connectivity index (χ0n) is 11.5. The molecule has 0 saturated carbocycles. The lowest BCUT2D eigenvalue weighted by atomic mass is 10.2. The van der Waals surface area contributed by atoms with Crippen LogP contribution in [0.4, 0.5) is 11.9 Å². The number of rotatable bonds is 5. The summed E-state index contributed by atoms with van der Waals surface area (Å²) < 4.78 is 5.58. The van der Waals surface area contributed by atoms with E-state index in [0.717, 1.165) is 5.56 Å². The van der Waals surface area contributed by atoms with Crippen LogP contribution < -0.4 is 11.5 Å². The predicted octanol–water partition coefficient (Wildman–Crippen LogP) is 1.30. The van der Waals surface area contributed by atoms with E-state index >= 15 is 0 Å². The highest BCUT2D eigenvalue weighted by Gasteiger charge is 2.09. The van der Waals surface area contributed by atoms with Crippen molar-refractivity contribution in [3.8, 4) is 0 Å². The van der Waals surface area contributed by atoms with Crippen LogP contribution in [-0.2, 0) is 12.2 Å². The van der Waals surface area contributed by atoms with Gasteiger partial charge in [-0.1, -0.05) is 42.1 Å². The van der Waals surface area contributed by atoms with E-state index in [2.05, 4.69) is 25.1 Å². The summed E-state index contributed by atoms with van der Waals surface area (Å²) in [5, 5.41) is 8.45. The van der Waals surface area contributed by atoms with Gasteiger partial charge in [0.15, 0.2) is 0 Å². The van der Waals surface area contributed by atoms with Gasteiger partial charge in [-0.15, -0.1) is 10.2 Å². The van der Waals surface area contributed by atoms with Gasteiger partial charge in [-0.05, 0) is 5.56 Å². The maximum absolute atomic E-state index is 5.58. The zero-order valence-corrected chi connectivity index (χ0v) is 12.3. The Hall–Kier alpha value is -2.68. The van der Waals surface area contributed by atoms with Gasteiger partial charge >= 0.3 is 0 Å². The number of nitrogens with zero attached hydrogens (tertiary/aromatic N) is 5. The zero-order chi connectivity index (χ0) is 15.4. The Balaban J connectivity index is 1.62. The average molecular weight is 315 g/mol. The molecule has 0 atom stereocenters. The van der Waals surface area contributed by atoms with Gasteiger partial charge in [0, 0.05) is 0 Å². The first kappa shape index (κ1) is 14.3. The van der Waals surface area contributed by atoms with Gasteiger partial charge in [0.05, 0.1) is 12.2 Å². The minimum atomic E-state index is 0.0957. The second-order valence-corrected chi connectivity index (χ2v) is 5.31. The van der Waals surface area contributed by atoms with Gasteiger partial charge in [-0.2, -0.15) is 15.0 Å². The topological polar surface area (TPSA) is 130 Å². The van der Waals surface area contributed by atoms with Gasteiger partial charge in [0.1, 0.15) is 5.82 Å². The molecule has 4 N–H and O–H groups in total. The van der Waals surface area contributed by atoms with Crippen LogP contribution in [0.25, 0.3) is 0 Å². The Bertz CT molecular complexity index is 742. The molecule has 0 aliphatic carbocycles. The maximum Gasteiger partial charge on any atom is 0.277 e. The van der Waals surface area contributed by atoms with E-state index in [1.807, 2.05) is 30.3 Å². The normalized spacial score (nSPS) is 10.7. The summed E-state index contributed by atoms with van der Waals surface area (Å²) in [6, 6.07) is 9.92. The van der Waals surface area contributed by atoms with Gasteiger partial charge in [0.25, 0.3) is 5.22 Å². The van der Waals surface area contributed by atoms with Crippen molar-refractivity contribution in [2.45, 2.75) is 17.4 Å². The highest BCUT2D eigenvalue weighted by molar-refractivity contribution is 7.98. The SMILES string of the molecule is Nc1nc(N)nc(CSc2nnc(Cc3ccccc3)o2)n1. The molecule has 0 radical (unpaired) electrons. The summed E-state index contributed by atoms with van der Waals surface area (Å²) in [5.41, 5.74) is 12.1. The van der Waals surface area contributed by atoms with Crippen molar-refractivity contribution in [3.63, 3.8) is 0 Å².